The molecule has 6 nitrogen and oxygen atoms in total. The number of nitrogens with one attached hydrogen (secondary N) is 1. The Hall–Kier alpha value is -1.58. The molecular weight excluding hydrogens is 266 g/mol. The third-order valence-electron chi connectivity index (χ3n) is 4.22. The number of nitrogens with zero attached hydrogens (tertiary/aromatic N) is 3. The third-order valence-corrected chi connectivity index (χ3v) is 4.22. The third kappa shape index (κ3) is 4.73. The van der Waals surface area contributed by atoms with Crippen LogP contribution in [0.15, 0.2) is 11.8 Å². The Morgan fingerprint density at radius 1 is 1.29 bits per heavy atom. The second-order valence-corrected chi connectivity index (χ2v) is 5.78. The molecule has 6 heteroatoms. The van der Waals surface area contributed by atoms with E-state index >= 15 is 0 Å². The fraction of sp³-hybridized carbons (Fsp3) is 0.733. The largest absolute Gasteiger partial charge is 0.374 e. The van der Waals surface area contributed by atoms with Crippen molar-refractivity contribution >= 4 is 5.91 Å². The predicted molar refractivity (Wildman–Crippen MR) is 81.2 cm³/mol. The maximum atomic E-state index is 12.1. The van der Waals surface area contributed by atoms with Gasteiger partial charge in [-0.3, -0.25) is 9.69 Å². The lowest BCUT2D eigenvalue weighted by Crippen LogP contribution is -2.46. The quantitative estimate of drug-likeness (QED) is 0.551. The second kappa shape index (κ2) is 8.01. The van der Waals surface area contributed by atoms with Crippen LogP contribution in [0, 0.1) is 11.3 Å². The molecule has 0 aromatic rings. The van der Waals surface area contributed by atoms with Crippen LogP contribution < -0.4 is 11.1 Å². The molecule has 0 bridgehead atoms. The summed E-state index contributed by atoms with van der Waals surface area (Å²) in [4.78, 5) is 16.5. The number of amides is 1. The predicted octanol–water partition coefficient (Wildman–Crippen LogP) is 0.0290. The Bertz CT molecular complexity index is 414. The highest BCUT2D eigenvalue weighted by Gasteiger charge is 2.21. The molecule has 1 aliphatic carbocycles. The Morgan fingerprint density at radius 3 is 2.52 bits per heavy atom. The summed E-state index contributed by atoms with van der Waals surface area (Å²) < 4.78 is 0. The number of nitrogens with two attached hydrogens (primary N) is 1. The zero-order valence-electron chi connectivity index (χ0n) is 12.6. The first kappa shape index (κ1) is 15.8. The lowest BCUT2D eigenvalue weighted by Gasteiger charge is -2.33. The number of hydrogen-bond donors (Lipinski definition) is 2. The van der Waals surface area contributed by atoms with Crippen LogP contribution >= 0.6 is 0 Å². The van der Waals surface area contributed by atoms with E-state index in [2.05, 4.69) is 15.1 Å². The molecule has 2 fully saturated rings. The molecule has 2 rings (SSSR count). The molecule has 0 radical (unpaired) electrons. The standard InChI is InChI=1S/C15H25N5O/c16-5-6-19-7-9-20(10-8-19)12-13(11-17)15(21)18-14-3-1-2-4-14/h12,14H,1-10,16H2,(H,18,21)/b13-12-. The van der Waals surface area contributed by atoms with Gasteiger partial charge in [-0.2, -0.15) is 5.26 Å². The number of carbonyl (C=O) groups is 1. The summed E-state index contributed by atoms with van der Waals surface area (Å²) in [6, 6.07) is 2.28. The number of nitriles is 1. The first-order valence-corrected chi connectivity index (χ1v) is 7.82. The van der Waals surface area contributed by atoms with Crippen LogP contribution in [-0.2, 0) is 4.79 Å². The van der Waals surface area contributed by atoms with Gasteiger partial charge in [0.2, 0.25) is 0 Å². The summed E-state index contributed by atoms with van der Waals surface area (Å²) in [5, 5.41) is 12.2. The molecule has 116 valence electrons. The first-order chi connectivity index (χ1) is 10.2. The number of carbonyl (C=O) groups excluding carboxylic acids is 1. The molecule has 2 aliphatic rings. The van der Waals surface area contributed by atoms with Crippen molar-refractivity contribution in [1.29, 1.82) is 5.26 Å². The molecule has 1 saturated heterocycles. The van der Waals surface area contributed by atoms with Crippen molar-refractivity contribution in [2.75, 3.05) is 39.3 Å². The van der Waals surface area contributed by atoms with E-state index in [0.717, 1.165) is 45.6 Å². The Morgan fingerprint density at radius 2 is 1.95 bits per heavy atom. The van der Waals surface area contributed by atoms with Gasteiger partial charge < -0.3 is 16.0 Å². The van der Waals surface area contributed by atoms with Gasteiger partial charge >= 0.3 is 0 Å². The van der Waals surface area contributed by atoms with E-state index in [9.17, 15) is 10.1 Å². The summed E-state index contributed by atoms with van der Waals surface area (Å²) in [6.07, 6.45) is 6.10. The van der Waals surface area contributed by atoms with Crippen molar-refractivity contribution in [3.05, 3.63) is 11.8 Å². The van der Waals surface area contributed by atoms with Crippen molar-refractivity contribution in [3.63, 3.8) is 0 Å². The first-order valence-electron chi connectivity index (χ1n) is 7.82. The van der Waals surface area contributed by atoms with Crippen molar-refractivity contribution in [1.82, 2.24) is 15.1 Å². The highest BCUT2D eigenvalue weighted by atomic mass is 16.1. The van der Waals surface area contributed by atoms with Crippen LogP contribution in [0.25, 0.3) is 0 Å². The molecule has 0 unspecified atom stereocenters. The minimum absolute atomic E-state index is 0.217. The molecule has 1 saturated carbocycles. The monoisotopic (exact) mass is 291 g/mol. The highest BCUT2D eigenvalue weighted by molar-refractivity contribution is 5.97. The SMILES string of the molecule is N#C/C(=C/N1CCN(CCN)CC1)C(=O)NC1CCCC1. The van der Waals surface area contributed by atoms with Crippen LogP contribution in [0.5, 0.6) is 0 Å². The molecule has 0 spiro atoms. The summed E-state index contributed by atoms with van der Waals surface area (Å²) in [6.45, 7) is 5.10. The zero-order chi connectivity index (χ0) is 15.1. The summed E-state index contributed by atoms with van der Waals surface area (Å²) in [5.74, 6) is -0.228. The average molecular weight is 291 g/mol. The summed E-state index contributed by atoms with van der Waals surface area (Å²) in [5.41, 5.74) is 5.77. The topological polar surface area (TPSA) is 85.4 Å². The van der Waals surface area contributed by atoms with Gasteiger partial charge in [-0.1, -0.05) is 12.8 Å². The Labute approximate surface area is 126 Å². The van der Waals surface area contributed by atoms with E-state index in [0.29, 0.717) is 6.54 Å². The molecule has 0 aromatic heterocycles. The van der Waals surface area contributed by atoms with E-state index in [-0.39, 0.29) is 17.5 Å². The molecule has 3 N–H and O–H groups in total. The smallest absolute Gasteiger partial charge is 0.263 e. The molecule has 1 aliphatic heterocycles. The van der Waals surface area contributed by atoms with Gasteiger partial charge in [0.05, 0.1) is 0 Å². The fourth-order valence-electron chi connectivity index (χ4n) is 2.95. The minimum Gasteiger partial charge on any atom is -0.374 e. The van der Waals surface area contributed by atoms with Gasteiger partial charge in [-0.25, -0.2) is 0 Å². The van der Waals surface area contributed by atoms with E-state index in [1.54, 1.807) is 6.20 Å². The lowest BCUT2D eigenvalue weighted by molar-refractivity contribution is -0.117. The van der Waals surface area contributed by atoms with E-state index in [1.807, 2.05) is 6.07 Å². The van der Waals surface area contributed by atoms with Crippen LogP contribution in [0.2, 0.25) is 0 Å². The maximum Gasteiger partial charge on any atom is 0.263 e. The minimum atomic E-state index is -0.228. The molecular formula is C15H25N5O. The zero-order valence-corrected chi connectivity index (χ0v) is 12.6. The van der Waals surface area contributed by atoms with Crippen molar-refractivity contribution in [3.8, 4) is 6.07 Å². The number of rotatable bonds is 5. The average Bonchev–Trinajstić information content (AvgIpc) is 2.99. The van der Waals surface area contributed by atoms with Gasteiger partial charge in [0.15, 0.2) is 0 Å². The van der Waals surface area contributed by atoms with Crippen molar-refractivity contribution in [2.24, 2.45) is 5.73 Å². The molecule has 0 atom stereocenters. The normalized spacial score (nSPS) is 21.3. The van der Waals surface area contributed by atoms with Gasteiger partial charge in [0.1, 0.15) is 11.6 Å². The molecule has 1 heterocycles. The summed E-state index contributed by atoms with van der Waals surface area (Å²) in [7, 11) is 0. The van der Waals surface area contributed by atoms with Gasteiger partial charge in [-0.05, 0) is 12.8 Å². The van der Waals surface area contributed by atoms with Crippen molar-refractivity contribution in [2.45, 2.75) is 31.7 Å². The summed E-state index contributed by atoms with van der Waals surface area (Å²) >= 11 is 0. The Kier molecular flexibility index (Phi) is 6.03. The second-order valence-electron chi connectivity index (χ2n) is 5.78. The van der Waals surface area contributed by atoms with Gasteiger partial charge in [-0.15, -0.1) is 0 Å². The van der Waals surface area contributed by atoms with Gasteiger partial charge in [0, 0.05) is 51.5 Å². The van der Waals surface area contributed by atoms with E-state index < -0.39 is 0 Å². The Balaban J connectivity index is 1.85. The molecule has 1 amide bonds. The van der Waals surface area contributed by atoms with E-state index in [4.69, 9.17) is 5.73 Å². The van der Waals surface area contributed by atoms with E-state index in [1.165, 1.54) is 12.8 Å². The van der Waals surface area contributed by atoms with Gasteiger partial charge in [0.25, 0.3) is 5.91 Å². The highest BCUT2D eigenvalue weighted by Crippen LogP contribution is 2.18. The number of piperazine rings is 1. The van der Waals surface area contributed by atoms with Crippen LogP contribution in [-0.4, -0.2) is 61.0 Å². The lowest BCUT2D eigenvalue weighted by atomic mass is 10.2. The van der Waals surface area contributed by atoms with Crippen LogP contribution in [0.1, 0.15) is 25.7 Å². The molecule has 21 heavy (non-hydrogen) atoms. The molecule has 0 aromatic carbocycles. The fourth-order valence-corrected chi connectivity index (χ4v) is 2.95. The number of hydrogen-bond acceptors (Lipinski definition) is 5. The van der Waals surface area contributed by atoms with Crippen LogP contribution in [0.4, 0.5) is 0 Å². The van der Waals surface area contributed by atoms with Crippen LogP contribution in [0.3, 0.4) is 0 Å². The maximum absolute atomic E-state index is 12.1. The van der Waals surface area contributed by atoms with Crippen molar-refractivity contribution < 1.29 is 4.79 Å².